The van der Waals surface area contributed by atoms with E-state index >= 15 is 0 Å². The lowest BCUT2D eigenvalue weighted by molar-refractivity contribution is 0.273. The molecule has 0 aromatic rings. The van der Waals surface area contributed by atoms with Gasteiger partial charge in [-0.25, -0.2) is 0 Å². The van der Waals surface area contributed by atoms with Crippen molar-refractivity contribution < 1.29 is 0 Å². The average molecular weight is 211 g/mol. The Morgan fingerprint density at radius 3 is 2.13 bits per heavy atom. The Kier molecular flexibility index (Phi) is 6.19. The van der Waals surface area contributed by atoms with Crippen LogP contribution in [0.5, 0.6) is 0 Å². The van der Waals surface area contributed by atoms with Crippen molar-refractivity contribution >= 4 is 0 Å². The smallest absolute Gasteiger partial charge is 0.00356 e. The van der Waals surface area contributed by atoms with Gasteiger partial charge in [-0.1, -0.05) is 32.4 Å². The van der Waals surface area contributed by atoms with Gasteiger partial charge in [0.25, 0.3) is 0 Å². The maximum atomic E-state index is 2.41. The molecule has 0 radical (unpaired) electrons. The second kappa shape index (κ2) is 6.32. The highest BCUT2D eigenvalue weighted by Crippen LogP contribution is 2.25. The minimum absolute atomic E-state index is 0.415. The lowest BCUT2D eigenvalue weighted by atomic mass is 9.86. The van der Waals surface area contributed by atoms with Crippen LogP contribution in [0.3, 0.4) is 0 Å². The van der Waals surface area contributed by atoms with Crippen molar-refractivity contribution in [3.8, 4) is 0 Å². The Bertz CT molecular complexity index is 196. The lowest BCUT2D eigenvalue weighted by Crippen LogP contribution is -2.27. The molecule has 0 atom stereocenters. The minimum atomic E-state index is 0.415. The number of nitrogens with zero attached hydrogens (tertiary/aromatic N) is 1. The van der Waals surface area contributed by atoms with Gasteiger partial charge in [0.05, 0.1) is 0 Å². The van der Waals surface area contributed by atoms with Crippen LogP contribution in [0.4, 0.5) is 0 Å². The second-order valence-corrected chi connectivity index (χ2v) is 6.01. The van der Waals surface area contributed by atoms with Crippen LogP contribution in [0.25, 0.3) is 0 Å². The van der Waals surface area contributed by atoms with Gasteiger partial charge in [-0.15, -0.1) is 0 Å². The molecule has 90 valence electrons. The first kappa shape index (κ1) is 14.7. The van der Waals surface area contributed by atoms with E-state index in [4.69, 9.17) is 0 Å². The molecule has 1 heteroatoms. The van der Waals surface area contributed by atoms with Crippen molar-refractivity contribution in [1.29, 1.82) is 0 Å². The van der Waals surface area contributed by atoms with Gasteiger partial charge in [-0.05, 0) is 46.1 Å². The monoisotopic (exact) mass is 211 g/mol. The number of allylic oxidation sites excluding steroid dienone is 1. The summed E-state index contributed by atoms with van der Waals surface area (Å²) in [6, 6.07) is 0.651. The first-order valence-electron chi connectivity index (χ1n) is 6.10. The minimum Gasteiger partial charge on any atom is -0.304 e. The van der Waals surface area contributed by atoms with Crippen LogP contribution in [0.2, 0.25) is 0 Å². The fraction of sp³-hybridized carbons (Fsp3) is 0.857. The number of hydrogen-bond acceptors (Lipinski definition) is 1. The molecule has 0 aromatic carbocycles. The number of rotatable bonds is 5. The summed E-state index contributed by atoms with van der Waals surface area (Å²) < 4.78 is 0. The van der Waals surface area contributed by atoms with Crippen molar-refractivity contribution in [3.05, 3.63) is 11.6 Å². The Balaban J connectivity index is 4.03. The van der Waals surface area contributed by atoms with E-state index in [-0.39, 0.29) is 0 Å². The quantitative estimate of drug-likeness (QED) is 0.619. The SMILES string of the molecule is C/C=C(\CCN(C)C(C)C)CC(C)(C)C. The van der Waals surface area contributed by atoms with Gasteiger partial charge in [-0.3, -0.25) is 0 Å². The van der Waals surface area contributed by atoms with Gasteiger partial charge in [0.2, 0.25) is 0 Å². The van der Waals surface area contributed by atoms with E-state index in [2.05, 4.69) is 59.6 Å². The maximum absolute atomic E-state index is 2.41. The summed E-state index contributed by atoms with van der Waals surface area (Å²) in [4.78, 5) is 2.41. The normalized spacial score (nSPS) is 14.1. The molecule has 0 rings (SSSR count). The van der Waals surface area contributed by atoms with E-state index in [9.17, 15) is 0 Å². The zero-order chi connectivity index (χ0) is 12.1. The highest BCUT2D eigenvalue weighted by molar-refractivity contribution is 5.03. The van der Waals surface area contributed by atoms with Crippen LogP contribution < -0.4 is 0 Å². The molecule has 0 unspecified atom stereocenters. The maximum Gasteiger partial charge on any atom is 0.00356 e. The van der Waals surface area contributed by atoms with E-state index < -0.39 is 0 Å². The predicted molar refractivity (Wildman–Crippen MR) is 70.2 cm³/mol. The molecule has 1 nitrogen and oxygen atoms in total. The van der Waals surface area contributed by atoms with Crippen molar-refractivity contribution in [1.82, 2.24) is 4.90 Å². The first-order chi connectivity index (χ1) is 6.76. The molecule has 0 N–H and O–H groups in total. The van der Waals surface area contributed by atoms with E-state index in [0.29, 0.717) is 11.5 Å². The molecule has 0 aliphatic rings. The van der Waals surface area contributed by atoms with E-state index in [1.807, 2.05) is 0 Å². The lowest BCUT2D eigenvalue weighted by Gasteiger charge is -2.24. The first-order valence-corrected chi connectivity index (χ1v) is 6.10. The molecular formula is C14H29N. The molecule has 0 bridgehead atoms. The molecule has 0 saturated carbocycles. The van der Waals surface area contributed by atoms with Gasteiger partial charge in [0.1, 0.15) is 0 Å². The van der Waals surface area contributed by atoms with Crippen LogP contribution in [-0.2, 0) is 0 Å². The van der Waals surface area contributed by atoms with Crippen LogP contribution in [0.1, 0.15) is 54.4 Å². The third-order valence-electron chi connectivity index (χ3n) is 2.83. The molecule has 0 spiro atoms. The molecule has 0 fully saturated rings. The van der Waals surface area contributed by atoms with E-state index in [1.54, 1.807) is 5.57 Å². The Morgan fingerprint density at radius 2 is 1.80 bits per heavy atom. The largest absolute Gasteiger partial charge is 0.304 e. The second-order valence-electron chi connectivity index (χ2n) is 6.01. The highest BCUT2D eigenvalue weighted by atomic mass is 15.1. The molecule has 0 amide bonds. The van der Waals surface area contributed by atoms with Crippen LogP contribution in [-0.4, -0.2) is 24.5 Å². The Hall–Kier alpha value is -0.300. The van der Waals surface area contributed by atoms with Crippen LogP contribution in [0.15, 0.2) is 11.6 Å². The van der Waals surface area contributed by atoms with Gasteiger partial charge in [0.15, 0.2) is 0 Å². The standard InChI is InChI=1S/C14H29N/c1-8-13(11-14(4,5)6)9-10-15(7)12(2)3/h8,12H,9-11H2,1-7H3/b13-8+. The zero-order valence-electron chi connectivity index (χ0n) is 11.7. The molecule has 0 aromatic heterocycles. The Morgan fingerprint density at radius 1 is 1.27 bits per heavy atom. The van der Waals surface area contributed by atoms with Crippen molar-refractivity contribution in [2.75, 3.05) is 13.6 Å². The molecule has 0 saturated heterocycles. The van der Waals surface area contributed by atoms with Gasteiger partial charge in [0, 0.05) is 12.6 Å². The molecule has 0 aliphatic heterocycles. The van der Waals surface area contributed by atoms with Crippen molar-refractivity contribution in [3.63, 3.8) is 0 Å². The van der Waals surface area contributed by atoms with Crippen molar-refractivity contribution in [2.45, 2.75) is 60.4 Å². The zero-order valence-corrected chi connectivity index (χ0v) is 11.7. The summed E-state index contributed by atoms with van der Waals surface area (Å²) in [6.07, 6.45) is 4.72. The molecule has 0 aliphatic carbocycles. The summed E-state index contributed by atoms with van der Waals surface area (Å²) in [7, 11) is 2.20. The summed E-state index contributed by atoms with van der Waals surface area (Å²) in [5, 5.41) is 0. The third kappa shape index (κ3) is 7.61. The van der Waals surface area contributed by atoms with Gasteiger partial charge >= 0.3 is 0 Å². The topological polar surface area (TPSA) is 3.24 Å². The average Bonchev–Trinajstić information content (AvgIpc) is 2.09. The molecular weight excluding hydrogens is 182 g/mol. The van der Waals surface area contributed by atoms with E-state index in [1.165, 1.54) is 19.4 Å². The van der Waals surface area contributed by atoms with E-state index in [0.717, 1.165) is 0 Å². The van der Waals surface area contributed by atoms with Crippen LogP contribution >= 0.6 is 0 Å². The summed E-state index contributed by atoms with van der Waals surface area (Å²) >= 11 is 0. The summed E-state index contributed by atoms with van der Waals surface area (Å²) in [5.74, 6) is 0. The predicted octanol–water partition coefficient (Wildman–Crippen LogP) is 4.10. The van der Waals surface area contributed by atoms with Crippen molar-refractivity contribution in [2.24, 2.45) is 5.41 Å². The summed E-state index contributed by atoms with van der Waals surface area (Å²) in [6.45, 7) is 14.8. The van der Waals surface area contributed by atoms with Crippen LogP contribution in [0, 0.1) is 5.41 Å². The summed E-state index contributed by atoms with van der Waals surface area (Å²) in [5.41, 5.74) is 2.01. The van der Waals surface area contributed by atoms with Gasteiger partial charge in [-0.2, -0.15) is 0 Å². The van der Waals surface area contributed by atoms with Gasteiger partial charge < -0.3 is 4.90 Å². The molecule has 15 heavy (non-hydrogen) atoms. The number of hydrogen-bond donors (Lipinski definition) is 0. The highest BCUT2D eigenvalue weighted by Gasteiger charge is 2.13. The Labute approximate surface area is 96.6 Å². The molecule has 0 heterocycles. The third-order valence-corrected chi connectivity index (χ3v) is 2.83. The fourth-order valence-electron chi connectivity index (χ4n) is 1.59. The fourth-order valence-corrected chi connectivity index (χ4v) is 1.59.